The molecule has 1 aromatic rings. The number of benzene rings is 1. The van der Waals surface area contributed by atoms with Gasteiger partial charge in [0.15, 0.2) is 0 Å². The summed E-state index contributed by atoms with van der Waals surface area (Å²) < 4.78 is 15.6. The van der Waals surface area contributed by atoms with E-state index in [1.54, 1.807) is 26.4 Å². The Morgan fingerprint density at radius 1 is 1.21 bits per heavy atom. The summed E-state index contributed by atoms with van der Waals surface area (Å²) in [5, 5.41) is 12.0. The number of nitrogens with zero attached hydrogens (tertiary/aromatic N) is 1. The minimum Gasteiger partial charge on any atom is -0.495 e. The van der Waals surface area contributed by atoms with Crippen LogP contribution in [0.4, 0.5) is 5.69 Å². The Labute approximate surface area is 114 Å². The summed E-state index contributed by atoms with van der Waals surface area (Å²) in [5.74, 6) is 0.665. The molecule has 0 bridgehead atoms. The Bertz CT molecular complexity index is 416. The first kappa shape index (κ1) is 15.3. The van der Waals surface area contributed by atoms with Crippen molar-refractivity contribution >= 4 is 5.69 Å². The van der Waals surface area contributed by atoms with Gasteiger partial charge in [0.25, 0.3) is 0 Å². The number of methoxy groups -OCH3 is 2. The average molecular weight is 264 g/mol. The van der Waals surface area contributed by atoms with Crippen molar-refractivity contribution in [3.05, 3.63) is 23.8 Å². The molecule has 5 heteroatoms. The number of hydrogen-bond donors (Lipinski definition) is 1. The van der Waals surface area contributed by atoms with E-state index in [0.717, 1.165) is 18.7 Å². The molecule has 0 spiro atoms. The Morgan fingerprint density at radius 2 is 2.05 bits per heavy atom. The second kappa shape index (κ2) is 9.20. The molecule has 19 heavy (non-hydrogen) atoms. The van der Waals surface area contributed by atoms with Gasteiger partial charge in [-0.05, 0) is 18.6 Å². The molecule has 0 aliphatic carbocycles. The van der Waals surface area contributed by atoms with Gasteiger partial charge in [-0.15, -0.1) is 0 Å². The zero-order valence-corrected chi connectivity index (χ0v) is 11.4. The Kier molecular flexibility index (Phi) is 7.40. The fraction of sp³-hybridized carbons (Fsp3) is 0.500. The smallest absolute Gasteiger partial charge is 0.143 e. The van der Waals surface area contributed by atoms with Crippen molar-refractivity contribution in [1.29, 1.82) is 5.26 Å². The highest BCUT2D eigenvalue weighted by molar-refractivity contribution is 5.59. The predicted octanol–water partition coefficient (Wildman–Crippen LogP) is 2.03. The fourth-order valence-electron chi connectivity index (χ4n) is 1.57. The lowest BCUT2D eigenvalue weighted by atomic mass is 10.2. The van der Waals surface area contributed by atoms with Crippen LogP contribution in [-0.4, -0.2) is 40.6 Å². The lowest BCUT2D eigenvalue weighted by molar-refractivity contribution is 0.109. The first-order chi connectivity index (χ1) is 9.31. The molecule has 0 atom stereocenters. The highest BCUT2D eigenvalue weighted by atomic mass is 16.5. The molecule has 0 aliphatic rings. The maximum Gasteiger partial charge on any atom is 0.143 e. The molecule has 1 aromatic carbocycles. The van der Waals surface area contributed by atoms with Crippen LogP contribution in [0.2, 0.25) is 0 Å². The molecule has 0 heterocycles. The molecule has 0 fully saturated rings. The molecule has 0 amide bonds. The monoisotopic (exact) mass is 264 g/mol. The quantitative estimate of drug-likeness (QED) is 0.691. The summed E-state index contributed by atoms with van der Waals surface area (Å²) in [6.07, 6.45) is 0.899. The largest absolute Gasteiger partial charge is 0.495 e. The first-order valence-electron chi connectivity index (χ1n) is 6.20. The van der Waals surface area contributed by atoms with Crippen LogP contribution in [0.15, 0.2) is 18.2 Å². The third-order valence-corrected chi connectivity index (χ3v) is 2.53. The van der Waals surface area contributed by atoms with E-state index in [1.807, 2.05) is 6.07 Å². The van der Waals surface area contributed by atoms with E-state index in [9.17, 15) is 0 Å². The van der Waals surface area contributed by atoms with Crippen LogP contribution < -0.4 is 10.1 Å². The van der Waals surface area contributed by atoms with E-state index in [2.05, 4.69) is 11.4 Å². The van der Waals surface area contributed by atoms with E-state index in [-0.39, 0.29) is 0 Å². The van der Waals surface area contributed by atoms with E-state index < -0.39 is 0 Å². The fourth-order valence-corrected chi connectivity index (χ4v) is 1.57. The number of ether oxygens (including phenoxy) is 3. The van der Waals surface area contributed by atoms with Crippen molar-refractivity contribution in [2.75, 3.05) is 45.9 Å². The summed E-state index contributed by atoms with van der Waals surface area (Å²) in [6.45, 7) is 2.72. The van der Waals surface area contributed by atoms with Gasteiger partial charge >= 0.3 is 0 Å². The van der Waals surface area contributed by atoms with Crippen LogP contribution in [0.5, 0.6) is 5.75 Å². The Morgan fingerprint density at radius 3 is 2.74 bits per heavy atom. The van der Waals surface area contributed by atoms with Crippen LogP contribution in [0, 0.1) is 11.3 Å². The number of rotatable bonds is 9. The molecule has 1 N–H and O–H groups in total. The van der Waals surface area contributed by atoms with Gasteiger partial charge in [0.1, 0.15) is 5.75 Å². The van der Waals surface area contributed by atoms with E-state index in [1.165, 1.54) is 0 Å². The predicted molar refractivity (Wildman–Crippen MR) is 73.5 cm³/mol. The van der Waals surface area contributed by atoms with Crippen molar-refractivity contribution in [1.82, 2.24) is 0 Å². The maximum absolute atomic E-state index is 8.81. The second-order valence-electron chi connectivity index (χ2n) is 3.91. The summed E-state index contributed by atoms with van der Waals surface area (Å²) in [4.78, 5) is 0. The molecule has 0 saturated heterocycles. The van der Waals surface area contributed by atoms with Crippen LogP contribution >= 0.6 is 0 Å². The highest BCUT2D eigenvalue weighted by Gasteiger charge is 2.03. The third kappa shape index (κ3) is 5.60. The van der Waals surface area contributed by atoms with Crippen molar-refractivity contribution in [2.45, 2.75) is 6.42 Å². The lowest BCUT2D eigenvalue weighted by Gasteiger charge is -2.11. The SMILES string of the molecule is COCCCOCCNc1ccc(C#N)cc1OC. The van der Waals surface area contributed by atoms with E-state index >= 15 is 0 Å². The van der Waals surface area contributed by atoms with Crippen LogP contribution in [0.25, 0.3) is 0 Å². The molecule has 104 valence electrons. The number of hydrogen-bond acceptors (Lipinski definition) is 5. The third-order valence-electron chi connectivity index (χ3n) is 2.53. The molecular weight excluding hydrogens is 244 g/mol. The van der Waals surface area contributed by atoms with Gasteiger partial charge in [0.05, 0.1) is 31.0 Å². The number of anilines is 1. The molecule has 0 unspecified atom stereocenters. The van der Waals surface area contributed by atoms with Crippen LogP contribution in [0.3, 0.4) is 0 Å². The van der Waals surface area contributed by atoms with Gasteiger partial charge < -0.3 is 19.5 Å². The second-order valence-corrected chi connectivity index (χ2v) is 3.91. The van der Waals surface area contributed by atoms with Gasteiger partial charge in [-0.1, -0.05) is 0 Å². The summed E-state index contributed by atoms with van der Waals surface area (Å²) in [6, 6.07) is 7.38. The highest BCUT2D eigenvalue weighted by Crippen LogP contribution is 2.24. The summed E-state index contributed by atoms with van der Waals surface area (Å²) >= 11 is 0. The van der Waals surface area contributed by atoms with Crippen LogP contribution in [-0.2, 0) is 9.47 Å². The Hall–Kier alpha value is -1.77. The van der Waals surface area contributed by atoms with E-state index in [4.69, 9.17) is 19.5 Å². The van der Waals surface area contributed by atoms with Crippen molar-refractivity contribution < 1.29 is 14.2 Å². The lowest BCUT2D eigenvalue weighted by Crippen LogP contribution is -2.11. The summed E-state index contributed by atoms with van der Waals surface area (Å²) in [5.41, 5.74) is 1.44. The van der Waals surface area contributed by atoms with Gasteiger partial charge in [0.2, 0.25) is 0 Å². The van der Waals surface area contributed by atoms with Crippen molar-refractivity contribution in [3.8, 4) is 11.8 Å². The van der Waals surface area contributed by atoms with Gasteiger partial charge in [-0.3, -0.25) is 0 Å². The molecular formula is C14H20N2O3. The Balaban J connectivity index is 2.31. The maximum atomic E-state index is 8.81. The number of nitrogens with one attached hydrogen (secondary N) is 1. The molecule has 0 saturated carbocycles. The molecule has 5 nitrogen and oxygen atoms in total. The van der Waals surface area contributed by atoms with Crippen LogP contribution in [0.1, 0.15) is 12.0 Å². The zero-order chi connectivity index (χ0) is 13.9. The normalized spacial score (nSPS) is 9.95. The molecule has 1 rings (SSSR count). The standard InChI is InChI=1S/C14H20N2O3/c1-17-7-3-8-19-9-6-16-13-5-4-12(11-15)10-14(13)18-2/h4-5,10,16H,3,6-9H2,1-2H3. The summed E-state index contributed by atoms with van der Waals surface area (Å²) in [7, 11) is 3.27. The zero-order valence-electron chi connectivity index (χ0n) is 11.4. The van der Waals surface area contributed by atoms with Gasteiger partial charge in [-0.25, -0.2) is 0 Å². The number of nitriles is 1. The first-order valence-corrected chi connectivity index (χ1v) is 6.20. The molecule has 0 radical (unpaired) electrons. The minimum atomic E-state index is 0.582. The average Bonchev–Trinajstić information content (AvgIpc) is 2.46. The van der Waals surface area contributed by atoms with Gasteiger partial charge in [-0.2, -0.15) is 5.26 Å². The molecule has 0 aliphatic heterocycles. The van der Waals surface area contributed by atoms with Gasteiger partial charge in [0, 0.05) is 32.9 Å². The van der Waals surface area contributed by atoms with Crippen molar-refractivity contribution in [2.24, 2.45) is 0 Å². The molecule has 0 aromatic heterocycles. The minimum absolute atomic E-state index is 0.582. The topological polar surface area (TPSA) is 63.5 Å². The van der Waals surface area contributed by atoms with Crippen molar-refractivity contribution in [3.63, 3.8) is 0 Å². The van der Waals surface area contributed by atoms with E-state index in [0.29, 0.717) is 31.1 Å².